The van der Waals surface area contributed by atoms with Crippen LogP contribution in [-0.2, 0) is 26.1 Å². The molecule has 0 saturated carbocycles. The average molecular weight is 481 g/mol. The van der Waals surface area contributed by atoms with Crippen LogP contribution in [0.5, 0.6) is 0 Å². The number of sulfonamides is 1. The number of hydrogen-bond donors (Lipinski definition) is 0. The lowest BCUT2D eigenvalue weighted by Crippen LogP contribution is -2.44. The molecule has 1 aromatic heterocycles. The van der Waals surface area contributed by atoms with E-state index in [1.165, 1.54) is 10.9 Å². The molecule has 176 valence electrons. The monoisotopic (exact) mass is 480 g/mol. The molecule has 34 heavy (non-hydrogen) atoms. The van der Waals surface area contributed by atoms with E-state index in [0.717, 1.165) is 19.3 Å². The van der Waals surface area contributed by atoms with Crippen molar-refractivity contribution in [3.63, 3.8) is 0 Å². The van der Waals surface area contributed by atoms with Gasteiger partial charge >= 0.3 is 5.97 Å². The predicted molar refractivity (Wildman–Crippen MR) is 126 cm³/mol. The molecule has 1 saturated heterocycles. The van der Waals surface area contributed by atoms with Crippen LogP contribution >= 0.6 is 0 Å². The summed E-state index contributed by atoms with van der Waals surface area (Å²) in [5, 5.41) is 0.447. The van der Waals surface area contributed by atoms with Gasteiger partial charge in [0.05, 0.1) is 23.8 Å². The number of carbonyl (C=O) groups is 1. The second-order valence-electron chi connectivity index (χ2n) is 8.43. The molecule has 1 fully saturated rings. The Morgan fingerprint density at radius 1 is 1.09 bits per heavy atom. The fraction of sp³-hybridized carbons (Fsp3) is 0.333. The van der Waals surface area contributed by atoms with E-state index >= 15 is 0 Å². The molecule has 5 rings (SSSR count). The molecule has 9 nitrogen and oxygen atoms in total. The minimum Gasteiger partial charge on any atom is -0.464 e. The Morgan fingerprint density at radius 3 is 2.76 bits per heavy atom. The van der Waals surface area contributed by atoms with Crippen LogP contribution in [-0.4, -0.2) is 53.9 Å². The van der Waals surface area contributed by atoms with Crippen molar-refractivity contribution < 1.29 is 17.9 Å². The third kappa shape index (κ3) is 4.21. The molecule has 0 bridgehead atoms. The van der Waals surface area contributed by atoms with E-state index in [1.807, 2.05) is 4.90 Å². The van der Waals surface area contributed by atoms with Crippen molar-refractivity contribution in [1.82, 2.24) is 14.5 Å². The van der Waals surface area contributed by atoms with Gasteiger partial charge in [-0.15, -0.1) is 4.40 Å². The van der Waals surface area contributed by atoms with E-state index in [1.54, 1.807) is 48.5 Å². The Labute approximate surface area is 196 Å². The van der Waals surface area contributed by atoms with Crippen LogP contribution in [0.25, 0.3) is 10.9 Å². The van der Waals surface area contributed by atoms with Gasteiger partial charge in [-0.2, -0.15) is 8.42 Å². The Balaban J connectivity index is 1.24. The van der Waals surface area contributed by atoms with Crippen LogP contribution in [0.1, 0.15) is 31.2 Å². The maximum Gasteiger partial charge on any atom is 0.326 e. The summed E-state index contributed by atoms with van der Waals surface area (Å²) >= 11 is 0. The number of piperidine rings is 1. The molecule has 0 spiro atoms. The van der Waals surface area contributed by atoms with Gasteiger partial charge in [-0.3, -0.25) is 14.2 Å². The maximum atomic E-state index is 12.6. The lowest BCUT2D eigenvalue weighted by atomic mass is 9.98. The molecule has 2 aliphatic rings. The molecule has 2 aliphatic heterocycles. The molecular weight excluding hydrogens is 456 g/mol. The first kappa shape index (κ1) is 22.3. The zero-order valence-electron chi connectivity index (χ0n) is 18.5. The molecule has 1 atom stereocenters. The quantitative estimate of drug-likeness (QED) is 0.515. The number of rotatable bonds is 5. The average Bonchev–Trinajstić information content (AvgIpc) is 3.12. The van der Waals surface area contributed by atoms with Gasteiger partial charge in [0.15, 0.2) is 5.84 Å². The van der Waals surface area contributed by atoms with Gasteiger partial charge in [0.25, 0.3) is 15.6 Å². The van der Waals surface area contributed by atoms with E-state index < -0.39 is 16.0 Å². The summed E-state index contributed by atoms with van der Waals surface area (Å²) in [6.45, 7) is 0.639. The number of carbonyl (C=O) groups excluding carboxylic acids is 1. The largest absolute Gasteiger partial charge is 0.464 e. The summed E-state index contributed by atoms with van der Waals surface area (Å²) in [6, 6.07) is 13.8. The molecule has 3 heterocycles. The lowest BCUT2D eigenvalue weighted by molar-refractivity contribution is -0.144. The van der Waals surface area contributed by atoms with Crippen molar-refractivity contribution in [2.24, 2.45) is 4.40 Å². The fourth-order valence-corrected chi connectivity index (χ4v) is 5.80. The number of benzene rings is 2. The number of esters is 1. The second kappa shape index (κ2) is 9.02. The normalized spacial score (nSPS) is 19.0. The Morgan fingerprint density at radius 2 is 1.88 bits per heavy atom. The van der Waals surface area contributed by atoms with Crippen LogP contribution in [0, 0.1) is 0 Å². The smallest absolute Gasteiger partial charge is 0.326 e. The molecule has 0 unspecified atom stereocenters. The van der Waals surface area contributed by atoms with Crippen molar-refractivity contribution >= 4 is 32.7 Å². The van der Waals surface area contributed by atoms with Crippen LogP contribution < -0.4 is 5.56 Å². The van der Waals surface area contributed by atoms with E-state index in [-0.39, 0.29) is 29.6 Å². The summed E-state index contributed by atoms with van der Waals surface area (Å²) in [7, 11) is -3.69. The predicted octanol–water partition coefficient (Wildman–Crippen LogP) is 2.33. The molecule has 0 aliphatic carbocycles. The third-order valence-corrected chi connectivity index (χ3v) is 7.58. The SMILES string of the molecule is O=C(Cn1cnc2ccccc2c1=O)OCC[C@H]1CCCCN1C1=NS(=O)(=O)c2ccccc21. The van der Waals surface area contributed by atoms with Gasteiger partial charge in [0.1, 0.15) is 11.4 Å². The number of fused-ring (bicyclic) bond motifs is 2. The first-order valence-electron chi connectivity index (χ1n) is 11.2. The zero-order valence-corrected chi connectivity index (χ0v) is 19.3. The minimum absolute atomic E-state index is 0.00622. The summed E-state index contributed by atoms with van der Waals surface area (Å²) in [5.74, 6) is -0.0481. The van der Waals surface area contributed by atoms with Crippen LogP contribution in [0.4, 0.5) is 0 Å². The number of aromatic nitrogens is 2. The van der Waals surface area contributed by atoms with Gasteiger partial charge < -0.3 is 9.64 Å². The van der Waals surface area contributed by atoms with E-state index in [4.69, 9.17) is 4.74 Å². The highest BCUT2D eigenvalue weighted by atomic mass is 32.2. The van der Waals surface area contributed by atoms with Crippen LogP contribution in [0.3, 0.4) is 0 Å². The van der Waals surface area contributed by atoms with Crippen molar-refractivity contribution in [2.45, 2.75) is 43.2 Å². The number of para-hydroxylation sites is 1. The zero-order chi connectivity index (χ0) is 23.7. The van der Waals surface area contributed by atoms with Crippen LogP contribution in [0.15, 0.2) is 68.9 Å². The van der Waals surface area contributed by atoms with Crippen molar-refractivity contribution in [1.29, 1.82) is 0 Å². The van der Waals surface area contributed by atoms with Crippen molar-refractivity contribution in [3.05, 3.63) is 70.8 Å². The fourth-order valence-electron chi connectivity index (χ4n) is 4.59. The standard InChI is InChI=1S/C24H24N4O5S/c29-22(15-27-16-25-20-10-3-1-8-18(20)24(27)30)33-14-12-17-7-5-6-13-28(17)23-19-9-2-4-11-21(19)34(31,32)26-23/h1-4,8-11,16-17H,5-7,12-15H2/t17-/m1/s1. The van der Waals surface area contributed by atoms with E-state index in [2.05, 4.69) is 9.38 Å². The van der Waals surface area contributed by atoms with Gasteiger partial charge in [-0.05, 0) is 43.5 Å². The van der Waals surface area contributed by atoms with Gasteiger partial charge in [-0.1, -0.05) is 24.3 Å². The molecule has 0 radical (unpaired) electrons. The molecule has 0 N–H and O–H groups in total. The Kier molecular flexibility index (Phi) is 5.91. The summed E-state index contributed by atoms with van der Waals surface area (Å²) < 4.78 is 35.7. The Hall–Kier alpha value is -3.53. The van der Waals surface area contributed by atoms with Gasteiger partial charge in [-0.25, -0.2) is 4.98 Å². The third-order valence-electron chi connectivity index (χ3n) is 6.26. The molecular formula is C24H24N4O5S. The van der Waals surface area contributed by atoms with E-state index in [0.29, 0.717) is 35.3 Å². The minimum atomic E-state index is -3.69. The first-order chi connectivity index (χ1) is 16.4. The summed E-state index contributed by atoms with van der Waals surface area (Å²) in [5.41, 5.74) is 0.905. The highest BCUT2D eigenvalue weighted by Gasteiger charge is 2.35. The number of hydrogen-bond acceptors (Lipinski definition) is 7. The summed E-state index contributed by atoms with van der Waals surface area (Å²) in [4.78, 5) is 31.5. The van der Waals surface area contributed by atoms with Gasteiger partial charge in [0, 0.05) is 24.6 Å². The lowest BCUT2D eigenvalue weighted by Gasteiger charge is -2.37. The molecule has 10 heteroatoms. The highest BCUT2D eigenvalue weighted by molar-refractivity contribution is 7.90. The van der Waals surface area contributed by atoms with Crippen molar-refractivity contribution in [2.75, 3.05) is 13.2 Å². The molecule has 0 amide bonds. The van der Waals surface area contributed by atoms with E-state index in [9.17, 15) is 18.0 Å². The van der Waals surface area contributed by atoms with Crippen LogP contribution in [0.2, 0.25) is 0 Å². The molecule has 3 aromatic rings. The Bertz CT molecular complexity index is 1450. The number of amidine groups is 1. The second-order valence-corrected chi connectivity index (χ2v) is 10.0. The van der Waals surface area contributed by atoms with Crippen molar-refractivity contribution in [3.8, 4) is 0 Å². The topological polar surface area (TPSA) is 111 Å². The number of likely N-dealkylation sites (tertiary alicyclic amines) is 1. The highest BCUT2D eigenvalue weighted by Crippen LogP contribution is 2.31. The first-order valence-corrected chi connectivity index (χ1v) is 12.7. The maximum absolute atomic E-state index is 12.6. The molecule has 2 aromatic carbocycles. The van der Waals surface area contributed by atoms with Gasteiger partial charge in [0.2, 0.25) is 0 Å². The number of ether oxygens (including phenoxy) is 1. The summed E-state index contributed by atoms with van der Waals surface area (Å²) in [6.07, 6.45) is 4.69. The number of nitrogens with zero attached hydrogens (tertiary/aromatic N) is 4.